The van der Waals surface area contributed by atoms with E-state index >= 15 is 4.39 Å². The van der Waals surface area contributed by atoms with Crippen molar-refractivity contribution in [2.24, 2.45) is 0 Å². The number of hydrogen-bond donors (Lipinski definition) is 4. The minimum absolute atomic E-state index is 0.0587. The summed E-state index contributed by atoms with van der Waals surface area (Å²) in [6, 6.07) is 11.8. The number of methoxy groups -OCH3 is 1. The number of pyridine rings is 1. The van der Waals surface area contributed by atoms with E-state index < -0.39 is 5.82 Å². The number of anilines is 5. The van der Waals surface area contributed by atoms with E-state index in [0.717, 1.165) is 24.2 Å². The molecular weight excluding hydrogens is 565 g/mol. The van der Waals surface area contributed by atoms with Gasteiger partial charge in [0.25, 0.3) is 0 Å². The first-order valence-corrected chi connectivity index (χ1v) is 14.0. The molecule has 2 aromatic carbocycles. The molecule has 1 fully saturated rings. The number of carbonyl (C=O) groups excluding carboxylic acids is 1. The molecule has 5 aromatic rings. The van der Waals surface area contributed by atoms with Crippen molar-refractivity contribution in [1.29, 1.82) is 0 Å². The zero-order valence-electron chi connectivity index (χ0n) is 23.9. The number of hydrogen-bond acceptors (Lipinski definition) is 10. The molecule has 6 rings (SSSR count). The molecule has 1 saturated heterocycles. The fourth-order valence-corrected chi connectivity index (χ4v) is 4.99. The van der Waals surface area contributed by atoms with Crippen LogP contribution >= 0.6 is 0 Å². The molecule has 0 radical (unpaired) electrons. The number of likely N-dealkylation sites (tertiary alicyclic amines) is 1. The molecule has 0 atom stereocenters. The lowest BCUT2D eigenvalue weighted by molar-refractivity contribution is -0.126. The number of rotatable bonds is 10. The first-order chi connectivity index (χ1) is 21.5. The molecular formula is C31H30FN9O3. The third kappa shape index (κ3) is 6.36. The number of fused-ring (bicyclic) bond motifs is 1. The summed E-state index contributed by atoms with van der Waals surface area (Å²) >= 11 is 0. The van der Waals surface area contributed by atoms with Crippen LogP contribution in [0.4, 0.5) is 33.1 Å². The number of aromatic nitrogens is 5. The van der Waals surface area contributed by atoms with Crippen LogP contribution in [-0.4, -0.2) is 62.2 Å². The second-order valence-electron chi connectivity index (χ2n) is 10.1. The first-order valence-electron chi connectivity index (χ1n) is 14.0. The fourth-order valence-electron chi connectivity index (χ4n) is 4.99. The summed E-state index contributed by atoms with van der Waals surface area (Å²) in [5.74, 6) is 1.84. The Bertz CT molecular complexity index is 1790. The molecule has 1 aliphatic heterocycles. The van der Waals surface area contributed by atoms with Crippen LogP contribution in [0.5, 0.6) is 17.2 Å². The topological polar surface area (TPSA) is 142 Å². The second kappa shape index (κ2) is 12.7. The summed E-state index contributed by atoms with van der Waals surface area (Å²) in [6.07, 6.45) is 9.23. The van der Waals surface area contributed by atoms with Gasteiger partial charge in [0.2, 0.25) is 5.91 Å². The lowest BCUT2D eigenvalue weighted by atomic mass is 10.0. The van der Waals surface area contributed by atoms with Crippen LogP contribution in [0.25, 0.3) is 10.9 Å². The average Bonchev–Trinajstić information content (AvgIpc) is 3.55. The maximum Gasteiger partial charge on any atom is 0.245 e. The number of ether oxygens (including phenoxy) is 2. The fraction of sp³-hybridized carbons (Fsp3) is 0.194. The van der Waals surface area contributed by atoms with E-state index in [9.17, 15) is 4.79 Å². The van der Waals surface area contributed by atoms with E-state index in [1.165, 1.54) is 18.5 Å². The Hall–Kier alpha value is -5.72. The van der Waals surface area contributed by atoms with E-state index in [4.69, 9.17) is 9.47 Å². The number of aromatic amines is 1. The lowest BCUT2D eigenvalue weighted by Gasteiger charge is -2.32. The van der Waals surface area contributed by atoms with Crippen LogP contribution in [0.3, 0.4) is 0 Å². The standard InChI is InChI=1S/C31H30FN9O3/c1-3-30(42)41-10-7-19(8-11-41)38-27-14-23-26(15-28(27)43-2)34-18-35-31(23)40-25-5-4-21(12-24(25)32)44-22-6-9-33-29(13-22)39-20-16-36-37-17-20/h3-6,9,12-19,38H,1,7-8,10-11H2,2H3,(H,33,39)(H,36,37)(H,34,35,40). The van der Waals surface area contributed by atoms with Crippen molar-refractivity contribution >= 4 is 45.5 Å². The van der Waals surface area contributed by atoms with Crippen LogP contribution in [-0.2, 0) is 4.79 Å². The van der Waals surface area contributed by atoms with E-state index in [0.29, 0.717) is 52.9 Å². The summed E-state index contributed by atoms with van der Waals surface area (Å²) < 4.78 is 26.8. The van der Waals surface area contributed by atoms with Gasteiger partial charge in [0, 0.05) is 55.1 Å². The molecule has 1 aliphatic rings. The number of amides is 1. The highest BCUT2D eigenvalue weighted by Crippen LogP contribution is 2.35. The smallest absolute Gasteiger partial charge is 0.245 e. The third-order valence-corrected chi connectivity index (χ3v) is 7.23. The van der Waals surface area contributed by atoms with Crippen molar-refractivity contribution in [3.8, 4) is 17.2 Å². The zero-order chi connectivity index (χ0) is 30.5. The molecule has 13 heteroatoms. The van der Waals surface area contributed by atoms with Gasteiger partial charge in [-0.05, 0) is 43.2 Å². The Labute approximate surface area is 252 Å². The molecule has 0 saturated carbocycles. The molecule has 224 valence electrons. The average molecular weight is 596 g/mol. The minimum atomic E-state index is -0.521. The van der Waals surface area contributed by atoms with E-state index in [1.807, 2.05) is 12.1 Å². The zero-order valence-corrected chi connectivity index (χ0v) is 23.9. The van der Waals surface area contributed by atoms with Crippen molar-refractivity contribution in [2.75, 3.05) is 36.1 Å². The van der Waals surface area contributed by atoms with Crippen LogP contribution in [0.2, 0.25) is 0 Å². The number of nitrogens with zero attached hydrogens (tertiary/aromatic N) is 5. The van der Waals surface area contributed by atoms with Gasteiger partial charge in [-0.3, -0.25) is 9.89 Å². The minimum Gasteiger partial charge on any atom is -0.495 e. The molecule has 3 aromatic heterocycles. The quantitative estimate of drug-likeness (QED) is 0.147. The summed E-state index contributed by atoms with van der Waals surface area (Å²) in [5.41, 5.74) is 2.36. The molecule has 0 unspecified atom stereocenters. The summed E-state index contributed by atoms with van der Waals surface area (Å²) in [7, 11) is 1.60. The Morgan fingerprint density at radius 3 is 2.66 bits per heavy atom. The highest BCUT2D eigenvalue weighted by molar-refractivity contribution is 5.95. The number of piperidine rings is 1. The van der Waals surface area contributed by atoms with Crippen molar-refractivity contribution in [3.05, 3.63) is 85.9 Å². The van der Waals surface area contributed by atoms with Crippen molar-refractivity contribution < 1.29 is 18.7 Å². The third-order valence-electron chi connectivity index (χ3n) is 7.23. The Morgan fingerprint density at radius 2 is 1.91 bits per heavy atom. The summed E-state index contributed by atoms with van der Waals surface area (Å²) in [6.45, 7) is 4.85. The van der Waals surface area contributed by atoms with Crippen LogP contribution in [0.1, 0.15) is 12.8 Å². The molecule has 44 heavy (non-hydrogen) atoms. The SMILES string of the molecule is C=CC(=O)N1CCC(Nc2cc3c(Nc4ccc(Oc5ccnc(Nc6cn[nH]c6)c5)cc4F)ncnc3cc2OC)CC1. The Morgan fingerprint density at radius 1 is 1.07 bits per heavy atom. The van der Waals surface area contributed by atoms with E-state index in [2.05, 4.69) is 47.7 Å². The van der Waals surface area contributed by atoms with E-state index in [-0.39, 0.29) is 17.6 Å². The molecule has 0 spiro atoms. The van der Waals surface area contributed by atoms with Gasteiger partial charge in [-0.25, -0.2) is 19.3 Å². The summed E-state index contributed by atoms with van der Waals surface area (Å²) in [4.78, 5) is 26.8. The van der Waals surface area contributed by atoms with Gasteiger partial charge < -0.3 is 30.3 Å². The number of halogens is 1. The van der Waals surface area contributed by atoms with Gasteiger partial charge in [0.05, 0.1) is 35.9 Å². The van der Waals surface area contributed by atoms with Gasteiger partial charge >= 0.3 is 0 Å². The Balaban J connectivity index is 1.18. The largest absolute Gasteiger partial charge is 0.495 e. The summed E-state index contributed by atoms with van der Waals surface area (Å²) in [5, 5.41) is 17.0. The van der Waals surface area contributed by atoms with Crippen LogP contribution in [0.15, 0.2) is 80.0 Å². The first kappa shape index (κ1) is 28.4. The van der Waals surface area contributed by atoms with E-state index in [1.54, 1.807) is 54.9 Å². The molecule has 4 heterocycles. The molecule has 0 aliphatic carbocycles. The van der Waals surface area contributed by atoms with Crippen molar-refractivity contribution in [3.63, 3.8) is 0 Å². The second-order valence-corrected chi connectivity index (χ2v) is 10.1. The Kier molecular flexibility index (Phi) is 8.17. The number of H-pyrrole nitrogens is 1. The molecule has 12 nitrogen and oxygen atoms in total. The number of benzene rings is 2. The monoisotopic (exact) mass is 595 g/mol. The number of nitrogens with one attached hydrogen (secondary N) is 4. The normalized spacial score (nSPS) is 13.4. The van der Waals surface area contributed by atoms with Gasteiger partial charge in [-0.2, -0.15) is 5.10 Å². The van der Waals surface area contributed by atoms with Crippen molar-refractivity contribution in [2.45, 2.75) is 18.9 Å². The highest BCUT2D eigenvalue weighted by atomic mass is 19.1. The molecule has 1 amide bonds. The lowest BCUT2D eigenvalue weighted by Crippen LogP contribution is -2.41. The van der Waals surface area contributed by atoms with Gasteiger partial charge in [0.1, 0.15) is 41.0 Å². The maximum atomic E-state index is 15.3. The van der Waals surface area contributed by atoms with Crippen molar-refractivity contribution in [1.82, 2.24) is 30.0 Å². The van der Waals surface area contributed by atoms with Crippen LogP contribution < -0.4 is 25.4 Å². The maximum absolute atomic E-state index is 15.3. The molecule has 4 N–H and O–H groups in total. The van der Waals surface area contributed by atoms with Gasteiger partial charge in [-0.1, -0.05) is 6.58 Å². The molecule has 0 bridgehead atoms. The highest BCUT2D eigenvalue weighted by Gasteiger charge is 2.23. The predicted octanol–water partition coefficient (Wildman–Crippen LogP) is 5.76. The van der Waals surface area contributed by atoms with Gasteiger partial charge in [-0.15, -0.1) is 0 Å². The van der Waals surface area contributed by atoms with Crippen LogP contribution in [0, 0.1) is 5.82 Å². The number of carbonyl (C=O) groups is 1. The van der Waals surface area contributed by atoms with Gasteiger partial charge in [0.15, 0.2) is 0 Å². The predicted molar refractivity (Wildman–Crippen MR) is 165 cm³/mol.